The van der Waals surface area contributed by atoms with Crippen LogP contribution >= 0.6 is 0 Å². The smallest absolute Gasteiger partial charge is 0.233 e. The molecule has 1 heterocycles. The average molecular weight is 449 g/mol. The third-order valence-corrected chi connectivity index (χ3v) is 7.41. The lowest BCUT2D eigenvalue weighted by molar-refractivity contribution is -0.140. The van der Waals surface area contributed by atoms with Crippen LogP contribution in [0, 0.1) is 23.6 Å². The van der Waals surface area contributed by atoms with Crippen molar-refractivity contribution in [1.29, 1.82) is 0 Å². The van der Waals surface area contributed by atoms with Crippen LogP contribution in [0.1, 0.15) is 44.6 Å². The van der Waals surface area contributed by atoms with E-state index in [-0.39, 0.29) is 29.8 Å². The van der Waals surface area contributed by atoms with Gasteiger partial charge in [-0.2, -0.15) is 0 Å². The summed E-state index contributed by atoms with van der Waals surface area (Å²) < 4.78 is 14.3. The van der Waals surface area contributed by atoms with Crippen molar-refractivity contribution < 1.29 is 28.7 Å². The molecule has 1 aromatic carbocycles. The third-order valence-electron chi connectivity index (χ3n) is 7.41. The molecule has 1 aliphatic heterocycles. The van der Waals surface area contributed by atoms with Gasteiger partial charge >= 0.3 is 0 Å². The minimum atomic E-state index is -0.825. The highest BCUT2D eigenvalue weighted by Crippen LogP contribution is 2.55. The number of likely N-dealkylation sites (tertiary alicyclic amines) is 1. The molecule has 1 N–H and O–H groups in total. The van der Waals surface area contributed by atoms with E-state index in [0.29, 0.717) is 41.7 Å². The molecule has 0 aromatic heterocycles. The second-order valence-corrected chi connectivity index (χ2v) is 9.27. The molecule has 6 nitrogen and oxygen atoms in total. The summed E-state index contributed by atoms with van der Waals surface area (Å²) in [5, 5.41) is 9.69. The van der Waals surface area contributed by atoms with Gasteiger partial charge in [-0.25, -0.2) is 4.39 Å². The van der Waals surface area contributed by atoms with Crippen molar-refractivity contribution in [2.45, 2.75) is 39.0 Å². The van der Waals surface area contributed by atoms with E-state index >= 15 is 0 Å². The predicted molar refractivity (Wildman–Crippen MR) is 116 cm³/mol. The zero-order chi connectivity index (χ0) is 23.6. The molecule has 5 rings (SSSR count). The molecule has 0 bridgehead atoms. The van der Waals surface area contributed by atoms with Crippen LogP contribution in [-0.2, 0) is 19.2 Å². The minimum absolute atomic E-state index is 0.184. The number of hydrogen-bond acceptors (Lipinski definition) is 5. The van der Waals surface area contributed by atoms with Crippen molar-refractivity contribution in [1.82, 2.24) is 4.90 Å². The van der Waals surface area contributed by atoms with Crippen molar-refractivity contribution in [2.24, 2.45) is 17.8 Å². The van der Waals surface area contributed by atoms with E-state index in [4.69, 9.17) is 0 Å². The number of benzene rings is 1. The van der Waals surface area contributed by atoms with Gasteiger partial charge in [0.15, 0.2) is 23.1 Å². The highest BCUT2D eigenvalue weighted by Gasteiger charge is 2.56. The molecule has 4 aliphatic rings. The number of imide groups is 1. The molecule has 0 unspecified atom stereocenters. The fraction of sp³-hybridized carbons (Fsp3) is 0.385. The molecule has 0 spiro atoms. The Kier molecular flexibility index (Phi) is 4.96. The highest BCUT2D eigenvalue weighted by molar-refractivity contribution is 6.23. The lowest BCUT2D eigenvalue weighted by atomic mass is 9.59. The predicted octanol–water partition coefficient (Wildman–Crippen LogP) is 3.37. The molecule has 7 heteroatoms. The van der Waals surface area contributed by atoms with Crippen LogP contribution in [0.4, 0.5) is 4.39 Å². The molecule has 1 fully saturated rings. The Morgan fingerprint density at radius 3 is 2.58 bits per heavy atom. The van der Waals surface area contributed by atoms with Gasteiger partial charge in [-0.15, -0.1) is 0 Å². The van der Waals surface area contributed by atoms with E-state index in [9.17, 15) is 28.7 Å². The maximum atomic E-state index is 14.3. The van der Waals surface area contributed by atoms with E-state index in [2.05, 4.69) is 0 Å². The molecule has 3 aliphatic carbocycles. The molecule has 4 atom stereocenters. The lowest BCUT2D eigenvalue weighted by Crippen LogP contribution is -2.39. The Morgan fingerprint density at radius 2 is 1.88 bits per heavy atom. The number of amides is 2. The quantitative estimate of drug-likeness (QED) is 0.434. The lowest BCUT2D eigenvalue weighted by Gasteiger charge is -2.42. The topological polar surface area (TPSA) is 91.8 Å². The summed E-state index contributed by atoms with van der Waals surface area (Å²) in [7, 11) is 0. The maximum Gasteiger partial charge on any atom is 0.233 e. The summed E-state index contributed by atoms with van der Waals surface area (Å²) in [6.07, 6.45) is 4.43. The standard InChI is InChI=1S/C26H24FNO5/c1-3-8-28-25(32)15-6-5-14-16(22(15)26(28)33)11-17-20(30)9-12(2)24(31)23(17)21(14)13-4-7-19(29)18(27)10-13/h4-5,7,9-10,15-16,21-22,29H,3,6,8,11H2,1-2H3/t15-,16+,21-,22-/m0/s1. The Labute approximate surface area is 190 Å². The van der Waals surface area contributed by atoms with E-state index in [0.717, 1.165) is 5.57 Å². The third kappa shape index (κ3) is 3.05. The van der Waals surface area contributed by atoms with Gasteiger partial charge in [-0.1, -0.05) is 24.6 Å². The zero-order valence-corrected chi connectivity index (χ0v) is 18.4. The van der Waals surface area contributed by atoms with E-state index in [1.165, 1.54) is 23.1 Å². The number of nitrogens with zero attached hydrogens (tertiary/aromatic N) is 1. The second-order valence-electron chi connectivity index (χ2n) is 9.27. The average Bonchev–Trinajstić information content (AvgIpc) is 3.03. The zero-order valence-electron chi connectivity index (χ0n) is 18.4. The fourth-order valence-corrected chi connectivity index (χ4v) is 5.95. The number of halogens is 1. The van der Waals surface area contributed by atoms with Gasteiger partial charge in [0.25, 0.3) is 0 Å². The molecular weight excluding hydrogens is 425 g/mol. The monoisotopic (exact) mass is 449 g/mol. The van der Waals surface area contributed by atoms with Crippen LogP contribution in [0.2, 0.25) is 0 Å². The van der Waals surface area contributed by atoms with E-state index in [1.807, 2.05) is 13.0 Å². The molecule has 170 valence electrons. The summed E-state index contributed by atoms with van der Waals surface area (Å²) in [5.74, 6) is -4.52. The first kappa shape index (κ1) is 21.5. The normalized spacial score (nSPS) is 29.0. The number of aromatic hydroxyl groups is 1. The van der Waals surface area contributed by atoms with Gasteiger partial charge in [0, 0.05) is 29.2 Å². The second kappa shape index (κ2) is 7.61. The van der Waals surface area contributed by atoms with Gasteiger partial charge in [0.05, 0.1) is 11.8 Å². The first-order valence-corrected chi connectivity index (χ1v) is 11.3. The Hall–Kier alpha value is -3.35. The van der Waals surface area contributed by atoms with Crippen LogP contribution in [0.5, 0.6) is 5.75 Å². The number of ketones is 2. The molecule has 0 saturated carbocycles. The summed E-state index contributed by atoms with van der Waals surface area (Å²) >= 11 is 0. The number of fused-ring (bicyclic) bond motifs is 3. The number of carbonyl (C=O) groups is 4. The Morgan fingerprint density at radius 1 is 1.12 bits per heavy atom. The number of phenols is 1. The van der Waals surface area contributed by atoms with Gasteiger partial charge in [0.2, 0.25) is 11.8 Å². The summed E-state index contributed by atoms with van der Waals surface area (Å²) in [4.78, 5) is 53.8. The molecule has 0 radical (unpaired) electrons. The first-order valence-electron chi connectivity index (χ1n) is 11.3. The van der Waals surface area contributed by atoms with Gasteiger partial charge in [-0.3, -0.25) is 24.1 Å². The Bertz CT molecular complexity index is 1220. The molecule has 33 heavy (non-hydrogen) atoms. The Balaban J connectivity index is 1.68. The number of allylic oxidation sites excluding steroid dienone is 6. The van der Waals surface area contributed by atoms with Crippen LogP contribution in [0.25, 0.3) is 0 Å². The summed E-state index contributed by atoms with van der Waals surface area (Å²) in [6.45, 7) is 3.84. The molecule has 1 saturated heterocycles. The SMILES string of the molecule is CCCN1C(=O)[C@H]2[C@H](CC=C3[C@H](c4ccc(O)c(F)c4)C4=C(C[C@H]32)C(=O)C=C(C)C4=O)C1=O. The van der Waals surface area contributed by atoms with Crippen LogP contribution in [0.15, 0.2) is 52.6 Å². The minimum Gasteiger partial charge on any atom is -0.505 e. The van der Waals surface area contributed by atoms with Gasteiger partial charge < -0.3 is 5.11 Å². The number of Topliss-reactive ketones (excluding diaryl/α,β-unsaturated/α-hetero) is 1. The number of carbonyl (C=O) groups excluding carboxylic acids is 4. The number of hydrogen-bond donors (Lipinski definition) is 1. The number of rotatable bonds is 3. The first-order chi connectivity index (χ1) is 15.7. The summed E-state index contributed by atoms with van der Waals surface area (Å²) in [5.41, 5.74) is 2.17. The molecule has 1 aromatic rings. The van der Waals surface area contributed by atoms with Crippen molar-refractivity contribution in [3.63, 3.8) is 0 Å². The van der Waals surface area contributed by atoms with Crippen molar-refractivity contribution in [3.8, 4) is 5.75 Å². The molecule has 2 amide bonds. The molecular formula is C26H24FNO5. The van der Waals surface area contributed by atoms with Crippen molar-refractivity contribution in [2.75, 3.05) is 6.54 Å². The van der Waals surface area contributed by atoms with E-state index < -0.39 is 35.2 Å². The van der Waals surface area contributed by atoms with Gasteiger partial charge in [-0.05, 0) is 55.9 Å². The maximum absolute atomic E-state index is 14.3. The largest absolute Gasteiger partial charge is 0.505 e. The fourth-order valence-electron chi connectivity index (χ4n) is 5.95. The van der Waals surface area contributed by atoms with Crippen LogP contribution < -0.4 is 0 Å². The van der Waals surface area contributed by atoms with Crippen LogP contribution in [-0.4, -0.2) is 39.9 Å². The van der Waals surface area contributed by atoms with E-state index in [1.54, 1.807) is 13.0 Å². The van der Waals surface area contributed by atoms with Crippen LogP contribution in [0.3, 0.4) is 0 Å². The van der Waals surface area contributed by atoms with Crippen molar-refractivity contribution in [3.05, 3.63) is 64.0 Å². The summed E-state index contributed by atoms with van der Waals surface area (Å²) in [6, 6.07) is 3.95. The highest BCUT2D eigenvalue weighted by atomic mass is 19.1. The van der Waals surface area contributed by atoms with Gasteiger partial charge in [0.1, 0.15) is 0 Å². The van der Waals surface area contributed by atoms with Crippen molar-refractivity contribution >= 4 is 23.4 Å². The number of phenolic OH excluding ortho intramolecular Hbond substituents is 1.